The highest BCUT2D eigenvalue weighted by Gasteiger charge is 2.38. The number of aromatic nitrogens is 2. The summed E-state index contributed by atoms with van der Waals surface area (Å²) in [7, 11) is 2.14. The molecular formula is C22H40N4O3S+2. The molecule has 2 rings (SSSR count). The molecule has 1 unspecified atom stereocenters. The average Bonchev–Trinajstić information content (AvgIpc) is 3.21. The van der Waals surface area contributed by atoms with Crippen LogP contribution in [0.4, 0.5) is 0 Å². The molecule has 2 heterocycles. The van der Waals surface area contributed by atoms with Crippen LogP contribution in [0.1, 0.15) is 71.9 Å². The maximum atomic E-state index is 12.5. The standard InChI is InChI=1S/C22H39N4O3S/c1-6-8-9-10-14-28-21-20(24-30-25-21)18-12-11-13-26(5,15-18)17(4)29-22(27)19(23)16(3)7-2/h12,16-17,19H,6-11,13-15,23H2,1-5H3/q+1/p+1/t16-,17-,19-,26?/m0/s1. The van der Waals surface area contributed by atoms with Gasteiger partial charge in [-0.2, -0.15) is 4.37 Å². The highest BCUT2D eigenvalue weighted by Crippen LogP contribution is 2.31. The summed E-state index contributed by atoms with van der Waals surface area (Å²) >= 11 is 1.19. The number of esters is 1. The summed E-state index contributed by atoms with van der Waals surface area (Å²) in [5, 5.41) is 0. The summed E-state index contributed by atoms with van der Waals surface area (Å²) in [5.41, 5.74) is 5.98. The quantitative estimate of drug-likeness (QED) is 0.306. The van der Waals surface area contributed by atoms with Gasteiger partial charge in [-0.3, -0.25) is 4.48 Å². The lowest BCUT2D eigenvalue weighted by Gasteiger charge is -2.41. The van der Waals surface area contributed by atoms with Gasteiger partial charge in [-0.05, 0) is 12.8 Å². The number of ether oxygens (including phenoxy) is 2. The van der Waals surface area contributed by atoms with Gasteiger partial charge < -0.3 is 15.2 Å². The van der Waals surface area contributed by atoms with Crippen molar-refractivity contribution >= 4 is 23.3 Å². The Kier molecular flexibility index (Phi) is 9.71. The second-order valence-corrected chi connectivity index (χ2v) is 9.26. The molecule has 0 spiro atoms. The number of likely N-dealkylation sites (N-methyl/N-ethyl adjacent to an activating group) is 1. The zero-order valence-corrected chi connectivity index (χ0v) is 20.2. The van der Waals surface area contributed by atoms with Gasteiger partial charge in [0.05, 0.1) is 31.9 Å². The molecule has 4 atom stereocenters. The molecule has 8 heteroatoms. The van der Waals surface area contributed by atoms with E-state index in [4.69, 9.17) is 9.47 Å². The molecule has 7 nitrogen and oxygen atoms in total. The predicted octanol–water partition coefficient (Wildman–Crippen LogP) is 3.28. The second kappa shape index (κ2) is 11.8. The molecule has 30 heavy (non-hydrogen) atoms. The third-order valence-electron chi connectivity index (χ3n) is 6.36. The summed E-state index contributed by atoms with van der Waals surface area (Å²) in [6.07, 6.45) is 8.43. The molecule has 0 aliphatic carbocycles. The van der Waals surface area contributed by atoms with Gasteiger partial charge >= 0.3 is 5.97 Å². The Bertz CT molecular complexity index is 708. The zero-order valence-electron chi connectivity index (χ0n) is 19.4. The van der Waals surface area contributed by atoms with Crippen LogP contribution in [0.2, 0.25) is 0 Å². The smallest absolute Gasteiger partial charge is 0.369 e. The number of hydrogen-bond acceptors (Lipinski definition) is 6. The number of carbonyl (C=O) groups is 1. The van der Waals surface area contributed by atoms with Crippen LogP contribution in [0.5, 0.6) is 5.88 Å². The third-order valence-corrected chi connectivity index (χ3v) is 6.87. The summed E-state index contributed by atoms with van der Waals surface area (Å²) in [4.78, 5) is 12.5. The van der Waals surface area contributed by atoms with Crippen molar-refractivity contribution in [1.82, 2.24) is 8.75 Å². The minimum absolute atomic E-state index is 0.210. The lowest BCUT2D eigenvalue weighted by molar-refractivity contribution is -0.944. The molecule has 0 aromatic carbocycles. The van der Waals surface area contributed by atoms with Gasteiger partial charge in [0.2, 0.25) is 6.23 Å². The summed E-state index contributed by atoms with van der Waals surface area (Å²) < 4.78 is 21.3. The van der Waals surface area contributed by atoms with Crippen molar-refractivity contribution in [2.45, 2.75) is 78.5 Å². The van der Waals surface area contributed by atoms with Crippen molar-refractivity contribution in [2.75, 3.05) is 26.7 Å². The van der Waals surface area contributed by atoms with E-state index in [1.807, 2.05) is 13.8 Å². The van der Waals surface area contributed by atoms with Crippen LogP contribution in [-0.2, 0) is 9.53 Å². The van der Waals surface area contributed by atoms with E-state index in [2.05, 4.69) is 41.5 Å². The normalized spacial score (nSPS) is 22.1. The van der Waals surface area contributed by atoms with E-state index in [1.54, 1.807) is 0 Å². The van der Waals surface area contributed by atoms with Gasteiger partial charge in [-0.25, -0.2) is 4.79 Å². The number of unbranched alkanes of at least 4 members (excludes halogenated alkanes) is 3. The molecule has 1 aliphatic rings. The molecule has 0 saturated carbocycles. The fourth-order valence-electron chi connectivity index (χ4n) is 3.62. The van der Waals surface area contributed by atoms with Gasteiger partial charge in [0, 0.05) is 24.8 Å². The Morgan fingerprint density at radius 3 is 2.73 bits per heavy atom. The number of hydrogen-bond donors (Lipinski definition) is 1. The van der Waals surface area contributed by atoms with Crippen molar-refractivity contribution in [3.05, 3.63) is 11.8 Å². The lowest BCUT2D eigenvalue weighted by atomic mass is 10.0. The van der Waals surface area contributed by atoms with Crippen LogP contribution in [-0.4, -0.2) is 58.2 Å². The molecule has 0 saturated heterocycles. The Morgan fingerprint density at radius 2 is 2.03 bits per heavy atom. The van der Waals surface area contributed by atoms with Crippen LogP contribution in [0.15, 0.2) is 6.08 Å². The SMILES string of the molecule is CCCCCCOc1nsnc1C1=CCC[N+](C)([C@H](C)OC(=O)[C@@H]([NH3+])[C@@H](C)CC)C1. The first-order chi connectivity index (χ1) is 14.3. The third kappa shape index (κ3) is 6.49. The van der Waals surface area contributed by atoms with Gasteiger partial charge in [0.1, 0.15) is 12.2 Å². The van der Waals surface area contributed by atoms with Crippen molar-refractivity contribution < 1.29 is 24.5 Å². The van der Waals surface area contributed by atoms with E-state index in [-0.39, 0.29) is 24.2 Å². The topological polar surface area (TPSA) is 89.0 Å². The maximum absolute atomic E-state index is 12.5. The van der Waals surface area contributed by atoms with E-state index in [0.29, 0.717) is 17.0 Å². The minimum Gasteiger partial charge on any atom is -0.475 e. The molecule has 0 fully saturated rings. The first-order valence-corrected chi connectivity index (χ1v) is 12.1. The van der Waals surface area contributed by atoms with Crippen molar-refractivity contribution in [1.29, 1.82) is 0 Å². The van der Waals surface area contributed by atoms with Gasteiger partial charge in [0.25, 0.3) is 5.88 Å². The van der Waals surface area contributed by atoms with Crippen LogP contribution < -0.4 is 10.5 Å². The van der Waals surface area contributed by atoms with E-state index in [0.717, 1.165) is 43.6 Å². The lowest BCUT2D eigenvalue weighted by Crippen LogP contribution is -2.69. The molecule has 0 amide bonds. The van der Waals surface area contributed by atoms with Gasteiger partial charge in [0.15, 0.2) is 6.04 Å². The Balaban J connectivity index is 2.00. The van der Waals surface area contributed by atoms with Crippen LogP contribution in [0.25, 0.3) is 5.57 Å². The molecule has 1 aromatic heterocycles. The van der Waals surface area contributed by atoms with Crippen molar-refractivity contribution in [2.24, 2.45) is 5.92 Å². The second-order valence-electron chi connectivity index (χ2n) is 8.73. The van der Waals surface area contributed by atoms with Crippen LogP contribution in [0, 0.1) is 5.92 Å². The Hall–Kier alpha value is -1.51. The zero-order chi connectivity index (χ0) is 22.1. The molecule has 0 radical (unpaired) electrons. The Morgan fingerprint density at radius 1 is 1.27 bits per heavy atom. The summed E-state index contributed by atoms with van der Waals surface area (Å²) in [6.45, 7) is 10.6. The Labute approximate surface area is 185 Å². The van der Waals surface area contributed by atoms with E-state index in [1.165, 1.54) is 31.0 Å². The minimum atomic E-state index is -0.334. The molecule has 3 N–H and O–H groups in total. The monoisotopic (exact) mass is 440 g/mol. The van der Waals surface area contributed by atoms with E-state index in [9.17, 15) is 4.79 Å². The summed E-state index contributed by atoms with van der Waals surface area (Å²) in [5.74, 6) is 0.638. The average molecular weight is 441 g/mol. The highest BCUT2D eigenvalue weighted by molar-refractivity contribution is 6.99. The molecule has 1 aliphatic heterocycles. The molecule has 1 aromatic rings. The van der Waals surface area contributed by atoms with Gasteiger partial charge in [-0.15, -0.1) is 4.37 Å². The summed E-state index contributed by atoms with van der Waals surface area (Å²) in [6, 6.07) is -0.334. The number of rotatable bonds is 12. The fraction of sp³-hybridized carbons (Fsp3) is 0.773. The molecule has 0 bridgehead atoms. The highest BCUT2D eigenvalue weighted by atomic mass is 32.1. The predicted molar refractivity (Wildman–Crippen MR) is 120 cm³/mol. The number of carbonyl (C=O) groups excluding carboxylic acids is 1. The molecular weight excluding hydrogens is 400 g/mol. The number of quaternary nitrogens is 2. The largest absolute Gasteiger partial charge is 0.475 e. The van der Waals surface area contributed by atoms with E-state index >= 15 is 0 Å². The van der Waals surface area contributed by atoms with Gasteiger partial charge in [-0.1, -0.05) is 46.1 Å². The molecule has 170 valence electrons. The first kappa shape index (κ1) is 24.8. The number of nitrogens with zero attached hydrogens (tertiary/aromatic N) is 3. The van der Waals surface area contributed by atoms with Crippen molar-refractivity contribution in [3.63, 3.8) is 0 Å². The van der Waals surface area contributed by atoms with Crippen molar-refractivity contribution in [3.8, 4) is 5.88 Å². The fourth-order valence-corrected chi connectivity index (χ4v) is 4.15. The first-order valence-electron chi connectivity index (χ1n) is 11.3. The van der Waals surface area contributed by atoms with Crippen LogP contribution >= 0.6 is 11.7 Å². The maximum Gasteiger partial charge on any atom is 0.369 e. The van der Waals surface area contributed by atoms with Crippen LogP contribution in [0.3, 0.4) is 0 Å². The van der Waals surface area contributed by atoms with E-state index < -0.39 is 0 Å².